The molecule has 0 aromatic heterocycles. The van der Waals surface area contributed by atoms with Gasteiger partial charge in [-0.3, -0.25) is 9.10 Å². The zero-order chi connectivity index (χ0) is 14.0. The van der Waals surface area contributed by atoms with Gasteiger partial charge in [-0.05, 0) is 30.9 Å². The number of anilines is 2. The third-order valence-corrected chi connectivity index (χ3v) is 4.85. The number of hydrogen-bond acceptors (Lipinski definition) is 4. The van der Waals surface area contributed by atoms with Crippen LogP contribution in [0.1, 0.15) is 12.8 Å². The fourth-order valence-corrected chi connectivity index (χ4v) is 3.73. The van der Waals surface area contributed by atoms with Crippen LogP contribution in [0.5, 0.6) is 0 Å². The quantitative estimate of drug-likeness (QED) is 0.756. The number of nitrogen functional groups attached to an aromatic ring is 1. The molecule has 0 aliphatic heterocycles. The van der Waals surface area contributed by atoms with Gasteiger partial charge in [-0.15, -0.1) is 0 Å². The van der Waals surface area contributed by atoms with E-state index in [1.165, 1.54) is 6.07 Å². The van der Waals surface area contributed by atoms with Crippen molar-refractivity contribution >= 4 is 27.4 Å². The minimum Gasteiger partial charge on any atom is -0.480 e. The van der Waals surface area contributed by atoms with Crippen molar-refractivity contribution in [2.45, 2.75) is 12.8 Å². The van der Waals surface area contributed by atoms with Crippen LogP contribution in [-0.2, 0) is 14.8 Å². The van der Waals surface area contributed by atoms with E-state index < -0.39 is 22.5 Å². The lowest BCUT2D eigenvalue weighted by atomic mass is 10.3. The minimum absolute atomic E-state index is 0.0192. The molecule has 1 aliphatic rings. The van der Waals surface area contributed by atoms with E-state index in [2.05, 4.69) is 0 Å². The maximum absolute atomic E-state index is 12.3. The number of benzene rings is 1. The van der Waals surface area contributed by atoms with Gasteiger partial charge in [0.05, 0.1) is 17.1 Å². The van der Waals surface area contributed by atoms with Gasteiger partial charge in [-0.2, -0.15) is 0 Å². The fourth-order valence-electron chi connectivity index (χ4n) is 1.84. The van der Waals surface area contributed by atoms with Gasteiger partial charge in [-0.25, -0.2) is 8.42 Å². The lowest BCUT2D eigenvalue weighted by Gasteiger charge is -2.23. The Bertz CT molecular complexity index is 581. The highest BCUT2D eigenvalue weighted by atomic mass is 32.2. The normalized spacial score (nSPS) is 15.2. The number of carboxylic acid groups (broad SMARTS) is 1. The van der Waals surface area contributed by atoms with E-state index in [0.717, 1.165) is 17.1 Å². The van der Waals surface area contributed by atoms with E-state index in [-0.39, 0.29) is 23.0 Å². The molecule has 1 aromatic rings. The van der Waals surface area contributed by atoms with Gasteiger partial charge in [-0.1, -0.05) is 12.1 Å². The second-order valence-corrected chi connectivity index (χ2v) is 6.62. The summed E-state index contributed by atoms with van der Waals surface area (Å²) in [5.74, 6) is -1.08. The topological polar surface area (TPSA) is 101 Å². The van der Waals surface area contributed by atoms with E-state index in [1.54, 1.807) is 18.2 Å². The maximum Gasteiger partial charge on any atom is 0.324 e. The van der Waals surface area contributed by atoms with Crippen molar-refractivity contribution in [3.05, 3.63) is 24.3 Å². The highest BCUT2D eigenvalue weighted by Gasteiger charge is 2.33. The SMILES string of the molecule is Nc1ccccc1N(CC(=O)O)S(=O)(=O)CC1CC1. The molecule has 0 heterocycles. The first-order chi connectivity index (χ1) is 8.90. The summed E-state index contributed by atoms with van der Waals surface area (Å²) in [6.45, 7) is -0.608. The standard InChI is InChI=1S/C12H16N2O4S/c13-10-3-1-2-4-11(10)14(7-12(15)16)19(17,18)8-9-5-6-9/h1-4,9H,5-8,13H2,(H,15,16). The Morgan fingerprint density at radius 2 is 2.00 bits per heavy atom. The summed E-state index contributed by atoms with van der Waals surface area (Å²) in [5.41, 5.74) is 6.22. The Kier molecular flexibility index (Phi) is 3.66. The summed E-state index contributed by atoms with van der Waals surface area (Å²) >= 11 is 0. The molecule has 7 heteroatoms. The van der Waals surface area contributed by atoms with E-state index in [9.17, 15) is 13.2 Å². The van der Waals surface area contributed by atoms with Gasteiger partial charge < -0.3 is 10.8 Å². The lowest BCUT2D eigenvalue weighted by molar-refractivity contribution is -0.135. The monoisotopic (exact) mass is 284 g/mol. The van der Waals surface area contributed by atoms with Gasteiger partial charge in [0.2, 0.25) is 10.0 Å². The second kappa shape index (κ2) is 5.08. The van der Waals surface area contributed by atoms with Gasteiger partial charge in [0.25, 0.3) is 0 Å². The van der Waals surface area contributed by atoms with E-state index >= 15 is 0 Å². The molecular formula is C12H16N2O4S. The van der Waals surface area contributed by atoms with Crippen LogP contribution >= 0.6 is 0 Å². The highest BCUT2D eigenvalue weighted by Crippen LogP contribution is 2.33. The predicted molar refractivity (Wildman–Crippen MR) is 72.3 cm³/mol. The Balaban J connectivity index is 2.35. The van der Waals surface area contributed by atoms with Crippen molar-refractivity contribution in [2.75, 3.05) is 22.3 Å². The van der Waals surface area contributed by atoms with Crippen molar-refractivity contribution < 1.29 is 18.3 Å². The van der Waals surface area contributed by atoms with Crippen LogP contribution in [-0.4, -0.2) is 31.8 Å². The number of carbonyl (C=O) groups is 1. The molecule has 0 radical (unpaired) electrons. The molecule has 1 aromatic carbocycles. The first kappa shape index (κ1) is 13.7. The predicted octanol–water partition coefficient (Wildman–Crippen LogP) is 0.900. The van der Waals surface area contributed by atoms with Crippen molar-refractivity contribution in [3.8, 4) is 0 Å². The highest BCUT2D eigenvalue weighted by molar-refractivity contribution is 7.92. The van der Waals surface area contributed by atoms with Crippen LogP contribution in [0.3, 0.4) is 0 Å². The molecule has 1 aliphatic carbocycles. The van der Waals surface area contributed by atoms with E-state index in [1.807, 2.05) is 0 Å². The summed E-state index contributed by atoms with van der Waals surface area (Å²) in [6.07, 6.45) is 1.76. The smallest absolute Gasteiger partial charge is 0.324 e. The summed E-state index contributed by atoms with van der Waals surface area (Å²) in [5, 5.41) is 8.90. The molecule has 0 saturated heterocycles. The summed E-state index contributed by atoms with van der Waals surface area (Å²) in [6, 6.07) is 6.37. The minimum atomic E-state index is -3.66. The van der Waals surface area contributed by atoms with Crippen LogP contribution in [0.4, 0.5) is 11.4 Å². The third-order valence-electron chi connectivity index (χ3n) is 2.96. The van der Waals surface area contributed by atoms with Gasteiger partial charge in [0, 0.05) is 0 Å². The molecule has 1 fully saturated rings. The van der Waals surface area contributed by atoms with Gasteiger partial charge in [0.15, 0.2) is 0 Å². The number of aliphatic carboxylic acids is 1. The zero-order valence-electron chi connectivity index (χ0n) is 10.3. The van der Waals surface area contributed by atoms with Crippen LogP contribution in [0.15, 0.2) is 24.3 Å². The molecule has 2 rings (SSSR count). The molecule has 0 spiro atoms. The zero-order valence-corrected chi connectivity index (χ0v) is 11.1. The van der Waals surface area contributed by atoms with E-state index in [0.29, 0.717) is 0 Å². The maximum atomic E-state index is 12.3. The number of hydrogen-bond donors (Lipinski definition) is 2. The van der Waals surface area contributed by atoms with Gasteiger partial charge >= 0.3 is 5.97 Å². The summed E-state index contributed by atoms with van der Waals surface area (Å²) in [4.78, 5) is 10.9. The van der Waals surface area contributed by atoms with Crippen LogP contribution in [0.2, 0.25) is 0 Å². The van der Waals surface area contributed by atoms with Crippen LogP contribution < -0.4 is 10.0 Å². The van der Waals surface area contributed by atoms with Crippen molar-refractivity contribution in [2.24, 2.45) is 5.92 Å². The lowest BCUT2D eigenvalue weighted by Crippen LogP contribution is -2.38. The molecule has 0 atom stereocenters. The Hall–Kier alpha value is -1.76. The Labute approximate surface area is 111 Å². The van der Waals surface area contributed by atoms with Crippen LogP contribution in [0, 0.1) is 5.92 Å². The first-order valence-electron chi connectivity index (χ1n) is 5.97. The first-order valence-corrected chi connectivity index (χ1v) is 7.58. The molecule has 1 saturated carbocycles. The molecule has 19 heavy (non-hydrogen) atoms. The largest absolute Gasteiger partial charge is 0.480 e. The second-order valence-electron chi connectivity index (χ2n) is 4.68. The summed E-state index contributed by atoms with van der Waals surface area (Å²) in [7, 11) is -3.66. The molecule has 3 N–H and O–H groups in total. The number of rotatable bonds is 6. The average molecular weight is 284 g/mol. The number of sulfonamides is 1. The average Bonchev–Trinajstić information content (AvgIpc) is 3.10. The number of nitrogens with zero attached hydrogens (tertiary/aromatic N) is 1. The molecular weight excluding hydrogens is 268 g/mol. The molecule has 104 valence electrons. The van der Waals surface area contributed by atoms with Crippen LogP contribution in [0.25, 0.3) is 0 Å². The number of carboxylic acids is 1. The van der Waals surface area contributed by atoms with Crippen molar-refractivity contribution in [3.63, 3.8) is 0 Å². The Morgan fingerprint density at radius 1 is 1.37 bits per heavy atom. The summed E-state index contributed by atoms with van der Waals surface area (Å²) < 4.78 is 25.4. The van der Waals surface area contributed by atoms with E-state index in [4.69, 9.17) is 10.8 Å². The Morgan fingerprint density at radius 3 is 2.53 bits per heavy atom. The van der Waals surface area contributed by atoms with Crippen molar-refractivity contribution in [1.82, 2.24) is 0 Å². The van der Waals surface area contributed by atoms with Gasteiger partial charge in [0.1, 0.15) is 6.54 Å². The third kappa shape index (κ3) is 3.37. The number of para-hydroxylation sites is 2. The molecule has 6 nitrogen and oxygen atoms in total. The van der Waals surface area contributed by atoms with Crippen molar-refractivity contribution in [1.29, 1.82) is 0 Å². The molecule has 0 bridgehead atoms. The number of nitrogens with two attached hydrogens (primary N) is 1. The fraction of sp³-hybridized carbons (Fsp3) is 0.417. The molecule has 0 unspecified atom stereocenters. The molecule has 0 amide bonds.